The van der Waals surface area contributed by atoms with Crippen LogP contribution < -0.4 is 0 Å². The molecule has 1 heterocycles. The number of aromatic nitrogens is 2. The Kier molecular flexibility index (Phi) is 2.06. The molecule has 1 N–H and O–H groups in total. The molecule has 0 aliphatic carbocycles. The highest BCUT2D eigenvalue weighted by Gasteiger charge is 2.03. The Morgan fingerprint density at radius 1 is 1.70 bits per heavy atom. The molecule has 3 nitrogen and oxygen atoms in total. The zero-order valence-corrected chi connectivity index (χ0v) is 6.33. The number of aliphatic hydroxyl groups excluding tert-OH is 1. The quantitative estimate of drug-likeness (QED) is 0.648. The third-order valence-corrected chi connectivity index (χ3v) is 1.68. The summed E-state index contributed by atoms with van der Waals surface area (Å²) in [5, 5.41) is 12.9. The molecule has 1 aromatic heterocycles. The summed E-state index contributed by atoms with van der Waals surface area (Å²) in [6, 6.07) is 0. The fourth-order valence-corrected chi connectivity index (χ4v) is 1.01. The minimum atomic E-state index is 0.0830. The lowest BCUT2D eigenvalue weighted by Gasteiger charge is -1.98. The lowest BCUT2D eigenvalue weighted by Crippen LogP contribution is -1.99. The Labute approximate surface area is 60.3 Å². The molecular formula is C7H12N2O. The molecule has 0 aliphatic rings. The first-order valence-corrected chi connectivity index (χ1v) is 3.40. The molecule has 0 saturated carbocycles. The van der Waals surface area contributed by atoms with Gasteiger partial charge in [0.15, 0.2) is 0 Å². The molecule has 0 bridgehead atoms. The number of aliphatic hydroxyl groups is 1. The standard InChI is InChI=1S/C7H12N2O/c1-3-6-4-8-9(2)7(6)5-10/h4,10H,3,5H2,1-2H3. The largest absolute Gasteiger partial charge is 0.390 e. The van der Waals surface area contributed by atoms with Crippen LogP contribution in [-0.2, 0) is 20.1 Å². The first-order valence-electron chi connectivity index (χ1n) is 3.40. The molecule has 0 unspecified atom stereocenters. The summed E-state index contributed by atoms with van der Waals surface area (Å²) >= 11 is 0. The van der Waals surface area contributed by atoms with E-state index in [0.717, 1.165) is 17.7 Å². The molecule has 0 radical (unpaired) electrons. The third kappa shape index (κ3) is 1.04. The molecule has 0 aromatic carbocycles. The minimum absolute atomic E-state index is 0.0830. The predicted octanol–water partition coefficient (Wildman–Crippen LogP) is 0.475. The van der Waals surface area contributed by atoms with Crippen LogP contribution in [0.2, 0.25) is 0 Å². The fourth-order valence-electron chi connectivity index (χ4n) is 1.01. The van der Waals surface area contributed by atoms with Gasteiger partial charge >= 0.3 is 0 Å². The van der Waals surface area contributed by atoms with Crippen molar-refractivity contribution in [3.05, 3.63) is 17.5 Å². The van der Waals surface area contributed by atoms with Crippen LogP contribution in [-0.4, -0.2) is 14.9 Å². The molecule has 1 rings (SSSR count). The van der Waals surface area contributed by atoms with Gasteiger partial charge in [-0.3, -0.25) is 4.68 Å². The molecule has 0 amide bonds. The maximum absolute atomic E-state index is 8.86. The highest BCUT2D eigenvalue weighted by Crippen LogP contribution is 2.06. The highest BCUT2D eigenvalue weighted by atomic mass is 16.3. The molecule has 0 saturated heterocycles. The van der Waals surface area contributed by atoms with E-state index in [-0.39, 0.29) is 6.61 Å². The van der Waals surface area contributed by atoms with Crippen LogP contribution >= 0.6 is 0 Å². The second-order valence-corrected chi connectivity index (χ2v) is 2.25. The number of nitrogens with zero attached hydrogens (tertiary/aromatic N) is 2. The molecular weight excluding hydrogens is 128 g/mol. The third-order valence-electron chi connectivity index (χ3n) is 1.68. The van der Waals surface area contributed by atoms with Gasteiger partial charge in [0, 0.05) is 7.05 Å². The SMILES string of the molecule is CCc1cnn(C)c1CO. The first-order chi connectivity index (χ1) is 4.79. The van der Waals surface area contributed by atoms with Crippen molar-refractivity contribution in [2.75, 3.05) is 0 Å². The Morgan fingerprint density at radius 3 is 2.80 bits per heavy atom. The van der Waals surface area contributed by atoms with Gasteiger partial charge in [0.1, 0.15) is 0 Å². The van der Waals surface area contributed by atoms with Gasteiger partial charge in [0.05, 0.1) is 18.5 Å². The molecule has 56 valence electrons. The Bertz CT molecular complexity index is 217. The fraction of sp³-hybridized carbons (Fsp3) is 0.571. The van der Waals surface area contributed by atoms with Crippen LogP contribution in [0.25, 0.3) is 0 Å². The summed E-state index contributed by atoms with van der Waals surface area (Å²) < 4.78 is 1.71. The van der Waals surface area contributed by atoms with Crippen LogP contribution in [0.3, 0.4) is 0 Å². The molecule has 0 fully saturated rings. The van der Waals surface area contributed by atoms with Crippen molar-refractivity contribution < 1.29 is 5.11 Å². The molecule has 0 spiro atoms. The van der Waals surface area contributed by atoms with Gasteiger partial charge in [-0.1, -0.05) is 6.92 Å². The first kappa shape index (κ1) is 7.28. The van der Waals surface area contributed by atoms with E-state index in [9.17, 15) is 0 Å². The van der Waals surface area contributed by atoms with E-state index in [2.05, 4.69) is 12.0 Å². The summed E-state index contributed by atoms with van der Waals surface area (Å²) in [6.07, 6.45) is 2.73. The van der Waals surface area contributed by atoms with Crippen LogP contribution in [0, 0.1) is 0 Å². The maximum atomic E-state index is 8.86. The van der Waals surface area contributed by atoms with Crippen LogP contribution in [0.5, 0.6) is 0 Å². The summed E-state index contributed by atoms with van der Waals surface area (Å²) in [7, 11) is 1.84. The van der Waals surface area contributed by atoms with Crippen LogP contribution in [0.1, 0.15) is 18.2 Å². The van der Waals surface area contributed by atoms with Crippen molar-refractivity contribution in [1.82, 2.24) is 9.78 Å². The molecule has 3 heteroatoms. The second kappa shape index (κ2) is 2.84. The van der Waals surface area contributed by atoms with E-state index in [4.69, 9.17) is 5.11 Å². The lowest BCUT2D eigenvalue weighted by molar-refractivity contribution is 0.269. The summed E-state index contributed by atoms with van der Waals surface area (Å²) in [5.74, 6) is 0. The normalized spacial score (nSPS) is 10.3. The minimum Gasteiger partial charge on any atom is -0.390 e. The molecule has 0 aliphatic heterocycles. The van der Waals surface area contributed by atoms with Gasteiger partial charge in [-0.05, 0) is 12.0 Å². The van der Waals surface area contributed by atoms with Gasteiger partial charge in [0.2, 0.25) is 0 Å². The summed E-state index contributed by atoms with van der Waals surface area (Å²) in [5.41, 5.74) is 2.05. The average Bonchev–Trinajstić information content (AvgIpc) is 2.30. The van der Waals surface area contributed by atoms with Gasteiger partial charge in [-0.2, -0.15) is 5.10 Å². The van der Waals surface area contributed by atoms with Gasteiger partial charge in [0.25, 0.3) is 0 Å². The second-order valence-electron chi connectivity index (χ2n) is 2.25. The lowest BCUT2D eigenvalue weighted by atomic mass is 10.2. The predicted molar refractivity (Wildman–Crippen MR) is 38.5 cm³/mol. The van der Waals surface area contributed by atoms with Gasteiger partial charge < -0.3 is 5.11 Å². The van der Waals surface area contributed by atoms with E-state index in [0.29, 0.717) is 0 Å². The van der Waals surface area contributed by atoms with Crippen molar-refractivity contribution in [3.63, 3.8) is 0 Å². The Balaban J connectivity index is 3.01. The van der Waals surface area contributed by atoms with Crippen molar-refractivity contribution in [3.8, 4) is 0 Å². The molecule has 0 atom stereocenters. The number of aryl methyl sites for hydroxylation is 2. The van der Waals surface area contributed by atoms with Crippen LogP contribution in [0.15, 0.2) is 6.20 Å². The topological polar surface area (TPSA) is 38.0 Å². The van der Waals surface area contributed by atoms with E-state index in [1.54, 1.807) is 10.9 Å². The number of hydrogen-bond acceptors (Lipinski definition) is 2. The molecule has 10 heavy (non-hydrogen) atoms. The molecule has 1 aromatic rings. The summed E-state index contributed by atoms with van der Waals surface area (Å²) in [4.78, 5) is 0. The maximum Gasteiger partial charge on any atom is 0.0852 e. The van der Waals surface area contributed by atoms with Crippen molar-refractivity contribution in [2.45, 2.75) is 20.0 Å². The number of hydrogen-bond donors (Lipinski definition) is 1. The van der Waals surface area contributed by atoms with Crippen molar-refractivity contribution in [2.24, 2.45) is 7.05 Å². The van der Waals surface area contributed by atoms with E-state index >= 15 is 0 Å². The van der Waals surface area contributed by atoms with E-state index < -0.39 is 0 Å². The number of rotatable bonds is 2. The Morgan fingerprint density at radius 2 is 2.40 bits per heavy atom. The zero-order chi connectivity index (χ0) is 7.56. The average molecular weight is 140 g/mol. The monoisotopic (exact) mass is 140 g/mol. The van der Waals surface area contributed by atoms with Crippen LogP contribution in [0.4, 0.5) is 0 Å². The van der Waals surface area contributed by atoms with Crippen molar-refractivity contribution in [1.29, 1.82) is 0 Å². The van der Waals surface area contributed by atoms with Crippen molar-refractivity contribution >= 4 is 0 Å². The van der Waals surface area contributed by atoms with Gasteiger partial charge in [-0.25, -0.2) is 0 Å². The smallest absolute Gasteiger partial charge is 0.0852 e. The Hall–Kier alpha value is -0.830. The van der Waals surface area contributed by atoms with Gasteiger partial charge in [-0.15, -0.1) is 0 Å². The highest BCUT2D eigenvalue weighted by molar-refractivity contribution is 5.16. The zero-order valence-electron chi connectivity index (χ0n) is 6.33. The van der Waals surface area contributed by atoms with E-state index in [1.807, 2.05) is 7.05 Å². The van der Waals surface area contributed by atoms with E-state index in [1.165, 1.54) is 0 Å². The summed E-state index contributed by atoms with van der Waals surface area (Å²) in [6.45, 7) is 2.13.